The van der Waals surface area contributed by atoms with Gasteiger partial charge < -0.3 is 15.7 Å². The molecular formula is C15H15Cl2N5O2. The molecule has 0 saturated carbocycles. The molecule has 1 aliphatic heterocycles. The number of carbonyl (C=O) groups is 1. The standard InChI is InChI=1S/C15H15Cl2N5O2/c16-8-4-5-10(17)9(7-8)12-19-14(18)21-15(20-12)22-6-2-1-3-11(22)13(23)24/h4-5,7,11H,1-3,6H2,(H,23,24)(H2,18,19,20,21). The number of benzene rings is 1. The maximum absolute atomic E-state index is 11.5. The maximum atomic E-state index is 11.5. The molecule has 1 unspecified atom stereocenters. The number of nitrogens with two attached hydrogens (primary N) is 1. The van der Waals surface area contributed by atoms with Gasteiger partial charge in [0.15, 0.2) is 5.82 Å². The van der Waals surface area contributed by atoms with E-state index >= 15 is 0 Å². The molecule has 1 aromatic carbocycles. The van der Waals surface area contributed by atoms with Gasteiger partial charge in [0.1, 0.15) is 6.04 Å². The van der Waals surface area contributed by atoms with Crippen molar-refractivity contribution in [2.24, 2.45) is 0 Å². The van der Waals surface area contributed by atoms with Crippen molar-refractivity contribution in [1.29, 1.82) is 0 Å². The molecule has 1 aromatic heterocycles. The summed E-state index contributed by atoms with van der Waals surface area (Å²) >= 11 is 12.2. The van der Waals surface area contributed by atoms with E-state index in [2.05, 4.69) is 15.0 Å². The summed E-state index contributed by atoms with van der Waals surface area (Å²) in [6.07, 6.45) is 2.25. The van der Waals surface area contributed by atoms with E-state index in [1.54, 1.807) is 23.1 Å². The van der Waals surface area contributed by atoms with Crippen LogP contribution in [-0.2, 0) is 4.79 Å². The van der Waals surface area contributed by atoms with Crippen LogP contribution in [0.15, 0.2) is 18.2 Å². The van der Waals surface area contributed by atoms with E-state index in [1.807, 2.05) is 0 Å². The van der Waals surface area contributed by atoms with Crippen LogP contribution in [0, 0.1) is 0 Å². The molecule has 0 bridgehead atoms. The molecule has 0 aliphatic carbocycles. The lowest BCUT2D eigenvalue weighted by Gasteiger charge is -2.32. The molecule has 24 heavy (non-hydrogen) atoms. The maximum Gasteiger partial charge on any atom is 0.326 e. The number of halogens is 2. The van der Waals surface area contributed by atoms with E-state index in [9.17, 15) is 9.90 Å². The highest BCUT2D eigenvalue weighted by Gasteiger charge is 2.31. The van der Waals surface area contributed by atoms with Gasteiger partial charge in [0.2, 0.25) is 11.9 Å². The Balaban J connectivity index is 2.06. The van der Waals surface area contributed by atoms with E-state index in [0.29, 0.717) is 28.6 Å². The summed E-state index contributed by atoms with van der Waals surface area (Å²) in [5, 5.41) is 10.3. The number of nitrogens with zero attached hydrogens (tertiary/aromatic N) is 4. The third-order valence-corrected chi connectivity index (χ3v) is 4.42. The van der Waals surface area contributed by atoms with Gasteiger partial charge in [-0.2, -0.15) is 15.0 Å². The molecule has 126 valence electrons. The fourth-order valence-corrected chi connectivity index (χ4v) is 3.10. The summed E-state index contributed by atoms with van der Waals surface area (Å²) in [5.74, 6) is -0.405. The van der Waals surface area contributed by atoms with E-state index in [0.717, 1.165) is 12.8 Å². The van der Waals surface area contributed by atoms with Crippen molar-refractivity contribution in [3.8, 4) is 11.4 Å². The van der Waals surface area contributed by atoms with Crippen molar-refractivity contribution in [2.75, 3.05) is 17.2 Å². The second-order valence-corrected chi connectivity index (χ2v) is 6.33. The topological polar surface area (TPSA) is 105 Å². The summed E-state index contributed by atoms with van der Waals surface area (Å²) in [7, 11) is 0. The van der Waals surface area contributed by atoms with Crippen LogP contribution in [-0.4, -0.2) is 38.6 Å². The van der Waals surface area contributed by atoms with E-state index in [-0.39, 0.29) is 17.7 Å². The average Bonchev–Trinajstić information content (AvgIpc) is 2.56. The Kier molecular flexibility index (Phi) is 4.73. The van der Waals surface area contributed by atoms with Gasteiger partial charge in [-0.15, -0.1) is 0 Å². The second kappa shape index (κ2) is 6.78. The predicted molar refractivity (Wildman–Crippen MR) is 92.3 cm³/mol. The van der Waals surface area contributed by atoms with Gasteiger partial charge >= 0.3 is 5.97 Å². The molecule has 3 N–H and O–H groups in total. The van der Waals surface area contributed by atoms with Crippen LogP contribution in [0.5, 0.6) is 0 Å². The number of aromatic nitrogens is 3. The first-order chi connectivity index (χ1) is 11.5. The second-order valence-electron chi connectivity index (χ2n) is 5.48. The molecule has 7 nitrogen and oxygen atoms in total. The number of hydrogen-bond acceptors (Lipinski definition) is 6. The fourth-order valence-electron chi connectivity index (χ4n) is 2.73. The number of carboxylic acids is 1. The van der Waals surface area contributed by atoms with Crippen molar-refractivity contribution < 1.29 is 9.90 Å². The fraction of sp³-hybridized carbons (Fsp3) is 0.333. The van der Waals surface area contributed by atoms with Crippen LogP contribution in [0.2, 0.25) is 10.0 Å². The summed E-state index contributed by atoms with van der Waals surface area (Å²) in [5.41, 5.74) is 6.32. The van der Waals surface area contributed by atoms with E-state index < -0.39 is 12.0 Å². The van der Waals surface area contributed by atoms with Crippen LogP contribution < -0.4 is 10.6 Å². The highest BCUT2D eigenvalue weighted by atomic mass is 35.5. The number of rotatable bonds is 3. The first kappa shape index (κ1) is 16.7. The minimum absolute atomic E-state index is 0.000699. The normalized spacial score (nSPS) is 17.8. The molecule has 2 heterocycles. The Morgan fingerprint density at radius 3 is 2.79 bits per heavy atom. The van der Waals surface area contributed by atoms with E-state index in [1.165, 1.54) is 0 Å². The molecule has 1 atom stereocenters. The summed E-state index contributed by atoms with van der Waals surface area (Å²) in [6.45, 7) is 0.545. The lowest BCUT2D eigenvalue weighted by atomic mass is 10.0. The zero-order valence-electron chi connectivity index (χ0n) is 12.6. The lowest BCUT2D eigenvalue weighted by Crippen LogP contribution is -2.45. The van der Waals surface area contributed by atoms with Crippen LogP contribution >= 0.6 is 23.2 Å². The van der Waals surface area contributed by atoms with Gasteiger partial charge in [-0.05, 0) is 37.5 Å². The molecule has 3 rings (SSSR count). The van der Waals surface area contributed by atoms with Crippen molar-refractivity contribution in [1.82, 2.24) is 15.0 Å². The van der Waals surface area contributed by atoms with Gasteiger partial charge in [-0.1, -0.05) is 23.2 Å². The number of nitrogen functional groups attached to an aromatic ring is 1. The summed E-state index contributed by atoms with van der Waals surface area (Å²) in [4.78, 5) is 25.7. The number of hydrogen-bond donors (Lipinski definition) is 2. The summed E-state index contributed by atoms with van der Waals surface area (Å²) in [6, 6.07) is 4.25. The highest BCUT2D eigenvalue weighted by Crippen LogP contribution is 2.30. The first-order valence-corrected chi connectivity index (χ1v) is 8.17. The third-order valence-electron chi connectivity index (χ3n) is 3.85. The van der Waals surface area contributed by atoms with Crippen LogP contribution in [0.25, 0.3) is 11.4 Å². The third kappa shape index (κ3) is 3.37. The smallest absolute Gasteiger partial charge is 0.326 e. The van der Waals surface area contributed by atoms with Crippen molar-refractivity contribution in [3.63, 3.8) is 0 Å². The van der Waals surface area contributed by atoms with Gasteiger partial charge in [0.05, 0.1) is 5.02 Å². The zero-order chi connectivity index (χ0) is 17.3. The van der Waals surface area contributed by atoms with Crippen molar-refractivity contribution in [2.45, 2.75) is 25.3 Å². The minimum Gasteiger partial charge on any atom is -0.480 e. The highest BCUT2D eigenvalue weighted by molar-refractivity contribution is 6.35. The Hall–Kier alpha value is -2.12. The number of carboxylic acid groups (broad SMARTS) is 1. The number of anilines is 2. The van der Waals surface area contributed by atoms with Crippen LogP contribution in [0.4, 0.5) is 11.9 Å². The Bertz CT molecular complexity index is 786. The minimum atomic E-state index is -0.906. The molecular weight excluding hydrogens is 353 g/mol. The van der Waals surface area contributed by atoms with Crippen LogP contribution in [0.3, 0.4) is 0 Å². The zero-order valence-corrected chi connectivity index (χ0v) is 14.1. The Morgan fingerprint density at radius 1 is 1.25 bits per heavy atom. The molecule has 1 fully saturated rings. The van der Waals surface area contributed by atoms with Gasteiger partial charge in [-0.3, -0.25) is 0 Å². The Morgan fingerprint density at radius 2 is 2.04 bits per heavy atom. The lowest BCUT2D eigenvalue weighted by molar-refractivity contribution is -0.139. The molecule has 1 aliphatic rings. The van der Waals surface area contributed by atoms with Gasteiger partial charge in [0, 0.05) is 17.1 Å². The molecule has 0 amide bonds. The van der Waals surface area contributed by atoms with Crippen molar-refractivity contribution >= 4 is 41.1 Å². The first-order valence-electron chi connectivity index (χ1n) is 7.42. The molecule has 1 saturated heterocycles. The van der Waals surface area contributed by atoms with Gasteiger partial charge in [-0.25, -0.2) is 4.79 Å². The Labute approximate surface area is 148 Å². The molecule has 9 heteroatoms. The van der Waals surface area contributed by atoms with Crippen molar-refractivity contribution in [3.05, 3.63) is 28.2 Å². The van der Waals surface area contributed by atoms with E-state index in [4.69, 9.17) is 28.9 Å². The predicted octanol–water partition coefficient (Wildman–Crippen LogP) is 2.87. The quantitative estimate of drug-likeness (QED) is 0.858. The largest absolute Gasteiger partial charge is 0.480 e. The summed E-state index contributed by atoms with van der Waals surface area (Å²) < 4.78 is 0. The average molecular weight is 368 g/mol. The molecule has 0 radical (unpaired) electrons. The monoisotopic (exact) mass is 367 g/mol. The van der Waals surface area contributed by atoms with Gasteiger partial charge in [0.25, 0.3) is 0 Å². The molecule has 0 spiro atoms. The molecule has 2 aromatic rings. The SMILES string of the molecule is Nc1nc(-c2cc(Cl)ccc2Cl)nc(N2CCCCC2C(=O)O)n1. The van der Waals surface area contributed by atoms with Crippen LogP contribution in [0.1, 0.15) is 19.3 Å². The number of aliphatic carboxylic acids is 1. The number of piperidine rings is 1.